The van der Waals surface area contributed by atoms with Crippen LogP contribution in [0.1, 0.15) is 37.5 Å². The normalized spacial score (nSPS) is 23.6. The molecule has 1 aromatic heterocycles. The molecule has 1 aromatic rings. The summed E-state index contributed by atoms with van der Waals surface area (Å²) in [4.78, 5) is 1.12. The van der Waals surface area contributed by atoms with Gasteiger partial charge in [-0.05, 0) is 63.7 Å². The number of sulfonamides is 1. The molecule has 0 aliphatic heterocycles. The number of hydrogen-bond donors (Lipinski definition) is 1. The first-order valence-corrected chi connectivity index (χ1v) is 9.92. The molecule has 1 N–H and O–H groups in total. The molecule has 0 bridgehead atoms. The summed E-state index contributed by atoms with van der Waals surface area (Å²) in [6.45, 7) is 3.12. The van der Waals surface area contributed by atoms with Crippen LogP contribution in [0.5, 0.6) is 0 Å². The Hall–Kier alpha value is -0.430. The van der Waals surface area contributed by atoms with Gasteiger partial charge in [0.25, 0.3) is 10.0 Å². The van der Waals surface area contributed by atoms with Gasteiger partial charge in [-0.15, -0.1) is 11.3 Å². The largest absolute Gasteiger partial charge is 0.319 e. The molecule has 0 saturated heterocycles. The zero-order valence-electron chi connectivity index (χ0n) is 13.1. The van der Waals surface area contributed by atoms with Crippen LogP contribution in [0.2, 0.25) is 0 Å². The molecule has 0 amide bonds. The van der Waals surface area contributed by atoms with Crippen LogP contribution in [0.3, 0.4) is 0 Å². The number of thiophene rings is 1. The fourth-order valence-corrected chi connectivity index (χ4v) is 5.78. The van der Waals surface area contributed by atoms with E-state index >= 15 is 0 Å². The van der Waals surface area contributed by atoms with Crippen molar-refractivity contribution in [3.05, 3.63) is 17.0 Å². The molecule has 0 aromatic carbocycles. The SMILES string of the molecule is CNCCc1ccc(S(=O)(=O)N(C)C2CCC(C)CC2)s1. The van der Waals surface area contributed by atoms with Crippen LogP contribution in [0.25, 0.3) is 0 Å². The lowest BCUT2D eigenvalue weighted by molar-refractivity contribution is 0.246. The van der Waals surface area contributed by atoms with E-state index in [-0.39, 0.29) is 6.04 Å². The molecule has 0 unspecified atom stereocenters. The maximum atomic E-state index is 12.7. The third-order valence-corrected chi connectivity index (χ3v) is 7.91. The van der Waals surface area contributed by atoms with Crippen LogP contribution in [0, 0.1) is 5.92 Å². The lowest BCUT2D eigenvalue weighted by Crippen LogP contribution is -2.38. The van der Waals surface area contributed by atoms with Gasteiger partial charge in [0.15, 0.2) is 0 Å². The first-order valence-electron chi connectivity index (χ1n) is 7.66. The third kappa shape index (κ3) is 4.06. The van der Waals surface area contributed by atoms with Gasteiger partial charge in [0.1, 0.15) is 4.21 Å². The molecule has 1 aliphatic rings. The number of nitrogens with one attached hydrogen (secondary N) is 1. The van der Waals surface area contributed by atoms with E-state index in [9.17, 15) is 8.42 Å². The Morgan fingerprint density at radius 2 is 1.95 bits per heavy atom. The molecule has 0 atom stereocenters. The minimum absolute atomic E-state index is 0.161. The van der Waals surface area contributed by atoms with Gasteiger partial charge in [0, 0.05) is 18.0 Å². The van der Waals surface area contributed by atoms with Crippen molar-refractivity contribution in [2.45, 2.75) is 49.3 Å². The van der Waals surface area contributed by atoms with Gasteiger partial charge in [0.2, 0.25) is 0 Å². The second kappa shape index (κ2) is 7.22. The van der Waals surface area contributed by atoms with Gasteiger partial charge in [-0.3, -0.25) is 0 Å². The molecule has 120 valence electrons. The highest BCUT2D eigenvalue weighted by atomic mass is 32.2. The minimum Gasteiger partial charge on any atom is -0.319 e. The summed E-state index contributed by atoms with van der Waals surface area (Å²) >= 11 is 1.40. The van der Waals surface area contributed by atoms with E-state index in [0.29, 0.717) is 4.21 Å². The van der Waals surface area contributed by atoms with Crippen LogP contribution in [-0.4, -0.2) is 39.4 Å². The van der Waals surface area contributed by atoms with Gasteiger partial charge in [-0.25, -0.2) is 8.42 Å². The Labute approximate surface area is 132 Å². The van der Waals surface area contributed by atoms with Crippen molar-refractivity contribution in [1.29, 1.82) is 0 Å². The highest BCUT2D eigenvalue weighted by molar-refractivity contribution is 7.91. The molecule has 1 fully saturated rings. The first-order chi connectivity index (χ1) is 9.95. The second-order valence-corrected chi connectivity index (χ2v) is 9.40. The smallest absolute Gasteiger partial charge is 0.252 e. The topological polar surface area (TPSA) is 49.4 Å². The third-order valence-electron chi connectivity index (χ3n) is 4.39. The van der Waals surface area contributed by atoms with Crippen molar-refractivity contribution in [1.82, 2.24) is 9.62 Å². The Kier molecular flexibility index (Phi) is 5.82. The van der Waals surface area contributed by atoms with E-state index in [2.05, 4.69) is 12.2 Å². The van der Waals surface area contributed by atoms with Crippen LogP contribution in [0.4, 0.5) is 0 Å². The second-order valence-electron chi connectivity index (χ2n) is 6.01. The summed E-state index contributed by atoms with van der Waals surface area (Å²) in [5.74, 6) is 0.729. The number of hydrogen-bond acceptors (Lipinski definition) is 4. The van der Waals surface area contributed by atoms with Crippen molar-refractivity contribution in [2.75, 3.05) is 20.6 Å². The van der Waals surface area contributed by atoms with Crippen molar-refractivity contribution < 1.29 is 8.42 Å². The lowest BCUT2D eigenvalue weighted by Gasteiger charge is -2.32. The summed E-state index contributed by atoms with van der Waals surface area (Å²) in [5, 5.41) is 3.09. The molecule has 21 heavy (non-hydrogen) atoms. The van der Waals surface area contributed by atoms with Gasteiger partial charge < -0.3 is 5.32 Å². The molecule has 1 heterocycles. The Morgan fingerprint density at radius 3 is 2.57 bits per heavy atom. The minimum atomic E-state index is -3.33. The van der Waals surface area contributed by atoms with Crippen molar-refractivity contribution in [3.63, 3.8) is 0 Å². The van der Waals surface area contributed by atoms with Crippen molar-refractivity contribution >= 4 is 21.4 Å². The van der Waals surface area contributed by atoms with Gasteiger partial charge in [-0.2, -0.15) is 4.31 Å². The predicted octanol–water partition coefficient (Wildman–Crippen LogP) is 2.71. The molecule has 6 heteroatoms. The van der Waals surface area contributed by atoms with E-state index in [1.807, 2.05) is 13.1 Å². The standard InChI is InChI=1S/C15H26N2O2S2/c1-12-4-6-13(7-5-12)17(3)21(18,19)15-9-8-14(20-15)10-11-16-2/h8-9,12-13,16H,4-7,10-11H2,1-3H3. The van der Waals surface area contributed by atoms with Gasteiger partial charge in [-0.1, -0.05) is 6.92 Å². The van der Waals surface area contributed by atoms with E-state index in [1.165, 1.54) is 11.3 Å². The number of nitrogens with zero attached hydrogens (tertiary/aromatic N) is 1. The van der Waals surface area contributed by atoms with Crippen LogP contribution in [0.15, 0.2) is 16.3 Å². The molecule has 1 aliphatic carbocycles. The van der Waals surface area contributed by atoms with Crippen molar-refractivity contribution in [3.8, 4) is 0 Å². The van der Waals surface area contributed by atoms with Gasteiger partial charge in [0.05, 0.1) is 0 Å². The van der Waals surface area contributed by atoms with E-state index in [4.69, 9.17) is 0 Å². The quantitative estimate of drug-likeness (QED) is 0.872. The monoisotopic (exact) mass is 330 g/mol. The summed E-state index contributed by atoms with van der Waals surface area (Å²) in [7, 11) is 0.316. The molecular formula is C15H26N2O2S2. The molecule has 4 nitrogen and oxygen atoms in total. The average molecular weight is 331 g/mol. The highest BCUT2D eigenvalue weighted by Crippen LogP contribution is 2.31. The lowest BCUT2D eigenvalue weighted by atomic mass is 9.87. The highest BCUT2D eigenvalue weighted by Gasteiger charge is 2.31. The van der Waals surface area contributed by atoms with Crippen LogP contribution < -0.4 is 5.32 Å². The summed E-state index contributed by atoms with van der Waals surface area (Å²) in [6.07, 6.45) is 5.09. The fourth-order valence-electron chi connectivity index (χ4n) is 2.82. The molecule has 1 saturated carbocycles. The Morgan fingerprint density at radius 1 is 1.29 bits per heavy atom. The number of rotatable bonds is 6. The fraction of sp³-hybridized carbons (Fsp3) is 0.733. The molecule has 0 spiro atoms. The average Bonchev–Trinajstić information content (AvgIpc) is 2.94. The molecule has 0 radical (unpaired) electrons. The maximum Gasteiger partial charge on any atom is 0.252 e. The van der Waals surface area contributed by atoms with Crippen molar-refractivity contribution in [2.24, 2.45) is 5.92 Å². The zero-order valence-corrected chi connectivity index (χ0v) is 14.8. The summed E-state index contributed by atoms with van der Waals surface area (Å²) in [6, 6.07) is 3.85. The van der Waals surface area contributed by atoms with E-state index < -0.39 is 10.0 Å². The first kappa shape index (κ1) is 16.9. The van der Waals surface area contributed by atoms with Crippen LogP contribution >= 0.6 is 11.3 Å². The predicted molar refractivity (Wildman–Crippen MR) is 88.3 cm³/mol. The Bertz CT molecular complexity index is 546. The number of likely N-dealkylation sites (N-methyl/N-ethyl adjacent to an activating group) is 1. The van der Waals surface area contributed by atoms with Crippen LogP contribution in [-0.2, 0) is 16.4 Å². The Balaban J connectivity index is 2.07. The molecular weight excluding hydrogens is 304 g/mol. The summed E-state index contributed by atoms with van der Waals surface area (Å²) < 4.78 is 27.5. The van der Waals surface area contributed by atoms with E-state index in [0.717, 1.165) is 49.4 Å². The zero-order chi connectivity index (χ0) is 15.5. The van der Waals surface area contributed by atoms with Gasteiger partial charge >= 0.3 is 0 Å². The van der Waals surface area contributed by atoms with E-state index in [1.54, 1.807) is 17.4 Å². The summed E-state index contributed by atoms with van der Waals surface area (Å²) in [5.41, 5.74) is 0. The maximum absolute atomic E-state index is 12.7. The molecule has 2 rings (SSSR count).